The average Bonchev–Trinajstić information content (AvgIpc) is 3.23. The zero-order valence-corrected chi connectivity index (χ0v) is 11.7. The predicted octanol–water partition coefficient (Wildman–Crippen LogP) is 2.06. The Balaban J connectivity index is 1.62. The van der Waals surface area contributed by atoms with Gasteiger partial charge < -0.3 is 19.7 Å². The molecule has 2 aliphatic rings. The van der Waals surface area contributed by atoms with Crippen LogP contribution in [0.25, 0.3) is 11.4 Å². The monoisotopic (exact) mass is 287 g/mol. The summed E-state index contributed by atoms with van der Waals surface area (Å²) in [6, 6.07) is 6.11. The minimum absolute atomic E-state index is 0.0993. The van der Waals surface area contributed by atoms with Crippen LogP contribution in [-0.4, -0.2) is 34.4 Å². The van der Waals surface area contributed by atoms with Gasteiger partial charge in [-0.05, 0) is 37.5 Å². The van der Waals surface area contributed by atoms with Gasteiger partial charge in [-0.25, -0.2) is 0 Å². The molecule has 3 atom stereocenters. The van der Waals surface area contributed by atoms with Crippen LogP contribution in [0.5, 0.6) is 11.5 Å². The molecule has 6 nitrogen and oxygen atoms in total. The molecule has 1 aromatic carbocycles. The zero-order chi connectivity index (χ0) is 14.4. The molecule has 2 fully saturated rings. The van der Waals surface area contributed by atoms with Crippen molar-refractivity contribution in [3.8, 4) is 22.9 Å². The van der Waals surface area contributed by atoms with Crippen molar-refractivity contribution in [3.63, 3.8) is 0 Å². The minimum atomic E-state index is 0.0993. The van der Waals surface area contributed by atoms with Crippen LogP contribution in [0.2, 0.25) is 0 Å². The zero-order valence-electron chi connectivity index (χ0n) is 11.7. The van der Waals surface area contributed by atoms with Crippen molar-refractivity contribution in [1.29, 1.82) is 0 Å². The number of ether oxygens (including phenoxy) is 1. The van der Waals surface area contributed by atoms with Crippen molar-refractivity contribution in [3.05, 3.63) is 24.1 Å². The summed E-state index contributed by atoms with van der Waals surface area (Å²) in [5.74, 6) is 2.06. The lowest BCUT2D eigenvalue weighted by Crippen LogP contribution is -2.21. The Bertz CT molecular complexity index is 670. The van der Waals surface area contributed by atoms with E-state index in [2.05, 4.69) is 15.5 Å². The molecule has 0 aliphatic carbocycles. The van der Waals surface area contributed by atoms with E-state index < -0.39 is 0 Å². The standard InChI is InChI=1S/C15H17N3O3/c1-20-13-6-8(2-5-12(13)19)14-17-15(21-18-14)10-7-9-3-4-11(10)16-9/h2,5-6,9-11,16,19H,3-4,7H2,1H3. The molecule has 0 spiro atoms. The van der Waals surface area contributed by atoms with Crippen LogP contribution < -0.4 is 10.1 Å². The molecule has 2 N–H and O–H groups in total. The normalized spacial score (nSPS) is 27.2. The molecule has 0 amide bonds. The first kappa shape index (κ1) is 12.6. The highest BCUT2D eigenvalue weighted by molar-refractivity contribution is 5.60. The summed E-state index contributed by atoms with van der Waals surface area (Å²) in [4.78, 5) is 4.53. The fraction of sp³-hybridized carbons (Fsp3) is 0.467. The first-order valence-electron chi connectivity index (χ1n) is 7.21. The molecule has 0 saturated carbocycles. The quantitative estimate of drug-likeness (QED) is 0.899. The van der Waals surface area contributed by atoms with Crippen molar-refractivity contribution in [1.82, 2.24) is 15.5 Å². The molecule has 3 unspecified atom stereocenters. The third kappa shape index (κ3) is 2.06. The first-order chi connectivity index (χ1) is 10.2. The van der Waals surface area contributed by atoms with Gasteiger partial charge in [0.15, 0.2) is 11.5 Å². The van der Waals surface area contributed by atoms with Gasteiger partial charge in [0.1, 0.15) is 0 Å². The molecule has 110 valence electrons. The first-order valence-corrected chi connectivity index (χ1v) is 7.21. The van der Waals surface area contributed by atoms with Crippen molar-refractivity contribution in [2.75, 3.05) is 7.11 Å². The van der Waals surface area contributed by atoms with Crippen molar-refractivity contribution >= 4 is 0 Å². The molecule has 2 bridgehead atoms. The molecular formula is C15H17N3O3. The molecule has 2 aliphatic heterocycles. The van der Waals surface area contributed by atoms with Gasteiger partial charge in [-0.15, -0.1) is 0 Å². The molecule has 3 heterocycles. The van der Waals surface area contributed by atoms with Crippen LogP contribution in [0.1, 0.15) is 31.1 Å². The van der Waals surface area contributed by atoms with Crippen LogP contribution in [0.3, 0.4) is 0 Å². The fourth-order valence-corrected chi connectivity index (χ4v) is 3.42. The maximum absolute atomic E-state index is 9.63. The summed E-state index contributed by atoms with van der Waals surface area (Å²) in [6.45, 7) is 0. The van der Waals surface area contributed by atoms with Crippen LogP contribution in [0.4, 0.5) is 0 Å². The van der Waals surface area contributed by atoms with Gasteiger partial charge in [-0.2, -0.15) is 4.98 Å². The third-order valence-corrected chi connectivity index (χ3v) is 4.50. The van der Waals surface area contributed by atoms with E-state index in [1.807, 2.05) is 0 Å². The summed E-state index contributed by atoms with van der Waals surface area (Å²) < 4.78 is 10.6. The largest absolute Gasteiger partial charge is 0.504 e. The molecule has 21 heavy (non-hydrogen) atoms. The number of phenolic OH excluding ortho intramolecular Hbond substituents is 1. The number of hydrogen-bond donors (Lipinski definition) is 2. The average molecular weight is 287 g/mol. The van der Waals surface area contributed by atoms with E-state index in [0.717, 1.165) is 12.0 Å². The number of aromatic hydroxyl groups is 1. The lowest BCUT2D eigenvalue weighted by atomic mass is 9.89. The maximum Gasteiger partial charge on any atom is 0.231 e. The van der Waals surface area contributed by atoms with E-state index in [-0.39, 0.29) is 5.75 Å². The highest BCUT2D eigenvalue weighted by atomic mass is 16.5. The second-order valence-corrected chi connectivity index (χ2v) is 5.73. The number of rotatable bonds is 3. The fourth-order valence-electron chi connectivity index (χ4n) is 3.42. The van der Waals surface area contributed by atoms with Crippen molar-refractivity contribution < 1.29 is 14.4 Å². The number of nitrogens with one attached hydrogen (secondary N) is 1. The maximum atomic E-state index is 9.63. The van der Waals surface area contributed by atoms with Crippen LogP contribution >= 0.6 is 0 Å². The van der Waals surface area contributed by atoms with Crippen molar-refractivity contribution in [2.45, 2.75) is 37.3 Å². The van der Waals surface area contributed by atoms with E-state index in [0.29, 0.717) is 35.5 Å². The summed E-state index contributed by atoms with van der Waals surface area (Å²) >= 11 is 0. The highest BCUT2D eigenvalue weighted by Crippen LogP contribution is 2.40. The molecule has 1 aromatic heterocycles. The van der Waals surface area contributed by atoms with Crippen LogP contribution in [0, 0.1) is 0 Å². The Kier molecular flexibility index (Phi) is 2.85. The summed E-state index contributed by atoms with van der Waals surface area (Å²) in [5, 5.41) is 17.3. The second kappa shape index (κ2) is 4.73. The SMILES string of the molecule is COc1cc(-c2noc(C3CC4CCC3N4)n2)ccc1O. The number of methoxy groups -OCH3 is 1. The highest BCUT2D eigenvalue weighted by Gasteiger charge is 2.42. The molecule has 2 aromatic rings. The number of phenols is 1. The predicted molar refractivity (Wildman–Crippen MR) is 75.3 cm³/mol. The molecule has 4 rings (SSSR count). The third-order valence-electron chi connectivity index (χ3n) is 4.50. The van der Waals surface area contributed by atoms with Gasteiger partial charge in [-0.1, -0.05) is 5.16 Å². The van der Waals surface area contributed by atoms with Gasteiger partial charge in [0, 0.05) is 17.6 Å². The van der Waals surface area contributed by atoms with Gasteiger partial charge in [0.25, 0.3) is 0 Å². The number of hydrogen-bond acceptors (Lipinski definition) is 6. The smallest absolute Gasteiger partial charge is 0.231 e. The Hall–Kier alpha value is -2.08. The Morgan fingerprint density at radius 1 is 1.38 bits per heavy atom. The van der Waals surface area contributed by atoms with Gasteiger partial charge in [0.2, 0.25) is 11.7 Å². The molecule has 2 saturated heterocycles. The Labute approximate surface area is 122 Å². The number of nitrogens with zero attached hydrogens (tertiary/aromatic N) is 2. The Morgan fingerprint density at radius 3 is 3.00 bits per heavy atom. The van der Waals surface area contributed by atoms with Gasteiger partial charge >= 0.3 is 0 Å². The number of benzene rings is 1. The summed E-state index contributed by atoms with van der Waals surface area (Å²) in [5.41, 5.74) is 0.774. The van der Waals surface area contributed by atoms with E-state index >= 15 is 0 Å². The van der Waals surface area contributed by atoms with E-state index in [1.54, 1.807) is 18.2 Å². The lowest BCUT2D eigenvalue weighted by molar-refractivity contribution is 0.329. The van der Waals surface area contributed by atoms with Gasteiger partial charge in [-0.3, -0.25) is 0 Å². The number of fused-ring (bicyclic) bond motifs is 2. The summed E-state index contributed by atoms with van der Waals surface area (Å²) in [6.07, 6.45) is 3.50. The minimum Gasteiger partial charge on any atom is -0.504 e. The van der Waals surface area contributed by atoms with Crippen LogP contribution in [-0.2, 0) is 0 Å². The molecule has 0 radical (unpaired) electrons. The number of aromatic nitrogens is 2. The van der Waals surface area contributed by atoms with E-state index in [9.17, 15) is 5.11 Å². The molecular weight excluding hydrogens is 270 g/mol. The van der Waals surface area contributed by atoms with Crippen molar-refractivity contribution in [2.24, 2.45) is 0 Å². The second-order valence-electron chi connectivity index (χ2n) is 5.73. The van der Waals surface area contributed by atoms with Crippen LogP contribution in [0.15, 0.2) is 22.7 Å². The van der Waals surface area contributed by atoms with Gasteiger partial charge in [0.05, 0.1) is 13.0 Å². The topological polar surface area (TPSA) is 80.4 Å². The lowest BCUT2D eigenvalue weighted by Gasteiger charge is -2.15. The van der Waals surface area contributed by atoms with E-state index in [1.165, 1.54) is 20.0 Å². The molecule has 6 heteroatoms. The Morgan fingerprint density at radius 2 is 2.29 bits per heavy atom. The summed E-state index contributed by atoms with van der Waals surface area (Å²) in [7, 11) is 1.52. The van der Waals surface area contributed by atoms with E-state index in [4.69, 9.17) is 9.26 Å².